The molecule has 1 N–H and O–H groups in total. The van der Waals surface area contributed by atoms with Gasteiger partial charge in [-0.05, 0) is 25.3 Å². The lowest BCUT2D eigenvalue weighted by Crippen LogP contribution is -2.29. The predicted molar refractivity (Wildman–Crippen MR) is 51.3 cm³/mol. The fourth-order valence-corrected chi connectivity index (χ4v) is 1.18. The maximum absolute atomic E-state index is 5.34. The monoisotopic (exact) mass is 169 g/mol. The summed E-state index contributed by atoms with van der Waals surface area (Å²) in [5.41, 5.74) is 1.40. The van der Waals surface area contributed by atoms with E-state index in [9.17, 15) is 0 Å². The minimum atomic E-state index is 0.618. The van der Waals surface area contributed by atoms with Crippen molar-refractivity contribution in [3.05, 3.63) is 11.6 Å². The van der Waals surface area contributed by atoms with E-state index in [-0.39, 0.29) is 0 Å². The second-order valence-electron chi connectivity index (χ2n) is 3.39. The maximum Gasteiger partial charge on any atom is 0.0689 e. The van der Waals surface area contributed by atoms with Gasteiger partial charge in [0.15, 0.2) is 0 Å². The molecule has 0 fully saturated rings. The Kier molecular flexibility index (Phi) is 4.33. The molecule has 1 heterocycles. The van der Waals surface area contributed by atoms with Crippen LogP contribution in [0.5, 0.6) is 0 Å². The molecule has 1 rings (SSSR count). The number of rotatable bonds is 4. The van der Waals surface area contributed by atoms with Crippen molar-refractivity contribution >= 4 is 0 Å². The van der Waals surface area contributed by atoms with Crippen LogP contribution in [-0.4, -0.2) is 25.8 Å². The van der Waals surface area contributed by atoms with Gasteiger partial charge in [0.05, 0.1) is 13.2 Å². The van der Waals surface area contributed by atoms with Crippen molar-refractivity contribution in [2.75, 3.05) is 19.8 Å². The van der Waals surface area contributed by atoms with Crippen LogP contribution >= 0.6 is 0 Å². The molecule has 0 radical (unpaired) electrons. The average molecular weight is 169 g/mol. The summed E-state index contributed by atoms with van der Waals surface area (Å²) in [6.07, 6.45) is 4.56. The molecule has 0 amide bonds. The number of ether oxygens (including phenoxy) is 1. The SMILES string of the molecule is CCC(C)NCC1=CCCOC1. The summed E-state index contributed by atoms with van der Waals surface area (Å²) in [6.45, 7) is 7.12. The first-order valence-electron chi connectivity index (χ1n) is 4.82. The number of hydrogen-bond acceptors (Lipinski definition) is 2. The summed E-state index contributed by atoms with van der Waals surface area (Å²) >= 11 is 0. The third-order valence-corrected chi connectivity index (χ3v) is 2.27. The molecule has 0 aromatic carbocycles. The molecule has 0 saturated heterocycles. The molecule has 0 bridgehead atoms. The van der Waals surface area contributed by atoms with E-state index < -0.39 is 0 Å². The molecule has 0 aromatic rings. The van der Waals surface area contributed by atoms with Gasteiger partial charge in [0, 0.05) is 12.6 Å². The van der Waals surface area contributed by atoms with Crippen molar-refractivity contribution in [1.82, 2.24) is 5.32 Å². The smallest absolute Gasteiger partial charge is 0.0689 e. The molecule has 1 aliphatic rings. The van der Waals surface area contributed by atoms with Crippen molar-refractivity contribution < 1.29 is 4.74 Å². The van der Waals surface area contributed by atoms with Crippen LogP contribution in [0.25, 0.3) is 0 Å². The average Bonchev–Trinajstić information content (AvgIpc) is 2.16. The zero-order valence-electron chi connectivity index (χ0n) is 8.10. The summed E-state index contributed by atoms with van der Waals surface area (Å²) < 4.78 is 5.34. The molecular formula is C10H19NO. The highest BCUT2D eigenvalue weighted by molar-refractivity contribution is 5.06. The highest BCUT2D eigenvalue weighted by Crippen LogP contribution is 2.04. The Balaban J connectivity index is 2.17. The molecule has 1 aliphatic heterocycles. The second-order valence-corrected chi connectivity index (χ2v) is 3.39. The van der Waals surface area contributed by atoms with Crippen LogP contribution in [0.2, 0.25) is 0 Å². The Hall–Kier alpha value is -0.340. The highest BCUT2D eigenvalue weighted by atomic mass is 16.5. The van der Waals surface area contributed by atoms with Gasteiger partial charge in [0.25, 0.3) is 0 Å². The molecular weight excluding hydrogens is 150 g/mol. The van der Waals surface area contributed by atoms with Crippen LogP contribution in [0.3, 0.4) is 0 Å². The molecule has 12 heavy (non-hydrogen) atoms. The largest absolute Gasteiger partial charge is 0.377 e. The lowest BCUT2D eigenvalue weighted by Gasteiger charge is -2.16. The second kappa shape index (κ2) is 5.33. The molecule has 0 aliphatic carbocycles. The van der Waals surface area contributed by atoms with E-state index >= 15 is 0 Å². The predicted octanol–water partition coefficient (Wildman–Crippen LogP) is 1.72. The molecule has 1 atom stereocenters. The first-order chi connectivity index (χ1) is 5.83. The summed E-state index contributed by atoms with van der Waals surface area (Å²) in [5, 5.41) is 3.45. The zero-order valence-corrected chi connectivity index (χ0v) is 8.10. The molecule has 70 valence electrons. The molecule has 2 nitrogen and oxygen atoms in total. The molecule has 2 heteroatoms. The maximum atomic E-state index is 5.34. The molecule has 1 unspecified atom stereocenters. The van der Waals surface area contributed by atoms with E-state index in [1.807, 2.05) is 0 Å². The van der Waals surface area contributed by atoms with Crippen LogP contribution in [0, 0.1) is 0 Å². The van der Waals surface area contributed by atoms with Crippen molar-refractivity contribution in [1.29, 1.82) is 0 Å². The lowest BCUT2D eigenvalue weighted by molar-refractivity contribution is 0.148. The van der Waals surface area contributed by atoms with Crippen LogP contribution < -0.4 is 5.32 Å². The Labute approximate surface area is 75.0 Å². The van der Waals surface area contributed by atoms with Gasteiger partial charge >= 0.3 is 0 Å². The topological polar surface area (TPSA) is 21.3 Å². The van der Waals surface area contributed by atoms with Crippen LogP contribution in [0.1, 0.15) is 26.7 Å². The van der Waals surface area contributed by atoms with Gasteiger partial charge in [-0.25, -0.2) is 0 Å². The molecule has 0 aromatic heterocycles. The first-order valence-corrected chi connectivity index (χ1v) is 4.82. The fourth-order valence-electron chi connectivity index (χ4n) is 1.18. The van der Waals surface area contributed by atoms with Crippen molar-refractivity contribution in [2.24, 2.45) is 0 Å². The fraction of sp³-hybridized carbons (Fsp3) is 0.800. The summed E-state index contributed by atoms with van der Waals surface area (Å²) in [5.74, 6) is 0. The lowest BCUT2D eigenvalue weighted by atomic mass is 10.2. The summed E-state index contributed by atoms with van der Waals surface area (Å²) in [6, 6.07) is 0.618. The molecule has 0 saturated carbocycles. The Morgan fingerprint density at radius 1 is 1.67 bits per heavy atom. The highest BCUT2D eigenvalue weighted by Gasteiger charge is 2.04. The van der Waals surface area contributed by atoms with Gasteiger partial charge in [0.1, 0.15) is 0 Å². The number of nitrogens with one attached hydrogen (secondary N) is 1. The van der Waals surface area contributed by atoms with E-state index in [0.29, 0.717) is 6.04 Å². The van der Waals surface area contributed by atoms with E-state index in [1.54, 1.807) is 0 Å². The van der Waals surface area contributed by atoms with Crippen molar-refractivity contribution in [3.8, 4) is 0 Å². The van der Waals surface area contributed by atoms with Gasteiger partial charge in [-0.3, -0.25) is 0 Å². The third kappa shape index (κ3) is 3.37. The van der Waals surface area contributed by atoms with Gasteiger partial charge in [-0.15, -0.1) is 0 Å². The zero-order chi connectivity index (χ0) is 8.81. The minimum absolute atomic E-state index is 0.618. The Morgan fingerprint density at radius 2 is 2.50 bits per heavy atom. The normalized spacial score (nSPS) is 20.3. The van der Waals surface area contributed by atoms with Crippen molar-refractivity contribution in [3.63, 3.8) is 0 Å². The third-order valence-electron chi connectivity index (χ3n) is 2.27. The summed E-state index contributed by atoms with van der Waals surface area (Å²) in [7, 11) is 0. The van der Waals surface area contributed by atoms with E-state index in [1.165, 1.54) is 12.0 Å². The van der Waals surface area contributed by atoms with E-state index in [2.05, 4.69) is 25.2 Å². The first kappa shape index (κ1) is 9.75. The Morgan fingerprint density at radius 3 is 3.08 bits per heavy atom. The van der Waals surface area contributed by atoms with Crippen LogP contribution in [-0.2, 0) is 4.74 Å². The van der Waals surface area contributed by atoms with Crippen LogP contribution in [0.4, 0.5) is 0 Å². The van der Waals surface area contributed by atoms with Gasteiger partial charge in [0.2, 0.25) is 0 Å². The van der Waals surface area contributed by atoms with Gasteiger partial charge < -0.3 is 10.1 Å². The van der Waals surface area contributed by atoms with E-state index in [0.717, 1.165) is 26.2 Å². The van der Waals surface area contributed by atoms with E-state index in [4.69, 9.17) is 4.74 Å². The summed E-state index contributed by atoms with van der Waals surface area (Å²) in [4.78, 5) is 0. The van der Waals surface area contributed by atoms with Gasteiger partial charge in [-0.1, -0.05) is 13.0 Å². The standard InChI is InChI=1S/C10H19NO/c1-3-9(2)11-7-10-5-4-6-12-8-10/h5,9,11H,3-4,6-8H2,1-2H3. The minimum Gasteiger partial charge on any atom is -0.377 e. The molecule has 0 spiro atoms. The van der Waals surface area contributed by atoms with Crippen molar-refractivity contribution in [2.45, 2.75) is 32.7 Å². The van der Waals surface area contributed by atoms with Gasteiger partial charge in [-0.2, -0.15) is 0 Å². The Bertz CT molecular complexity index is 154. The van der Waals surface area contributed by atoms with Crippen LogP contribution in [0.15, 0.2) is 11.6 Å². The number of hydrogen-bond donors (Lipinski definition) is 1. The quantitative estimate of drug-likeness (QED) is 0.647.